The van der Waals surface area contributed by atoms with Crippen molar-refractivity contribution >= 4 is 5.84 Å². The number of hydrogen-bond acceptors (Lipinski definition) is 2. The van der Waals surface area contributed by atoms with Gasteiger partial charge in [0.25, 0.3) is 0 Å². The Morgan fingerprint density at radius 2 is 1.08 bits per heavy atom. The fourth-order valence-electron chi connectivity index (χ4n) is 3.11. The van der Waals surface area contributed by atoms with E-state index < -0.39 is 0 Å². The summed E-state index contributed by atoms with van der Waals surface area (Å²) in [6.45, 7) is 0. The molecule has 1 aliphatic heterocycles. The van der Waals surface area contributed by atoms with Gasteiger partial charge in [-0.3, -0.25) is 4.99 Å². The first-order valence-corrected chi connectivity index (χ1v) is 8.21. The van der Waals surface area contributed by atoms with E-state index in [-0.39, 0.29) is 29.5 Å². The van der Waals surface area contributed by atoms with Crippen molar-refractivity contribution < 1.29 is 13.2 Å². The van der Waals surface area contributed by atoms with Gasteiger partial charge < -0.3 is 5.32 Å². The Hall–Kier alpha value is -3.08. The number of benzene rings is 3. The summed E-state index contributed by atoms with van der Waals surface area (Å²) in [7, 11) is 0. The van der Waals surface area contributed by atoms with Crippen LogP contribution in [0.5, 0.6) is 0 Å². The third-order valence-corrected chi connectivity index (χ3v) is 4.43. The predicted octanol–water partition coefficient (Wildman–Crippen LogP) is 4.94. The van der Waals surface area contributed by atoms with Crippen LogP contribution in [0.15, 0.2) is 77.8 Å². The van der Waals surface area contributed by atoms with Crippen molar-refractivity contribution in [2.75, 3.05) is 0 Å². The molecule has 2 atom stereocenters. The Morgan fingerprint density at radius 3 is 1.62 bits per heavy atom. The molecule has 3 aromatic carbocycles. The highest BCUT2D eigenvalue weighted by atomic mass is 19.1. The SMILES string of the molecule is Fc1ccc(C2=NC(c3ccc(F)cc3)C(c3ccc(F)cc3)N2)cc1. The second kappa shape index (κ2) is 6.67. The van der Waals surface area contributed by atoms with E-state index in [1.54, 1.807) is 36.4 Å². The van der Waals surface area contributed by atoms with Crippen molar-refractivity contribution in [2.45, 2.75) is 12.1 Å². The lowest BCUT2D eigenvalue weighted by atomic mass is 9.95. The molecule has 0 amide bonds. The molecule has 0 saturated heterocycles. The summed E-state index contributed by atoms with van der Waals surface area (Å²) in [5.74, 6) is -0.336. The van der Waals surface area contributed by atoms with Crippen molar-refractivity contribution in [3.05, 3.63) is 107 Å². The van der Waals surface area contributed by atoms with Crippen LogP contribution >= 0.6 is 0 Å². The van der Waals surface area contributed by atoms with Gasteiger partial charge in [-0.1, -0.05) is 24.3 Å². The average Bonchev–Trinajstić information content (AvgIpc) is 3.09. The van der Waals surface area contributed by atoms with Crippen molar-refractivity contribution in [1.29, 1.82) is 0 Å². The standard InChI is InChI=1S/C21H15F3N2/c22-16-7-1-13(2-8-16)19-20(14-3-9-17(23)10-4-14)26-21(25-19)15-5-11-18(24)12-6-15/h1-12,19-20H,(H,25,26). The van der Waals surface area contributed by atoms with Gasteiger partial charge in [-0.25, -0.2) is 13.2 Å². The van der Waals surface area contributed by atoms with E-state index in [1.807, 2.05) is 0 Å². The number of amidine groups is 1. The summed E-state index contributed by atoms with van der Waals surface area (Å²) in [6.07, 6.45) is 0. The molecule has 5 heteroatoms. The number of hydrogen-bond donors (Lipinski definition) is 1. The molecular formula is C21H15F3N2. The molecule has 1 N–H and O–H groups in total. The topological polar surface area (TPSA) is 24.4 Å². The number of nitrogens with zero attached hydrogens (tertiary/aromatic N) is 1. The van der Waals surface area contributed by atoms with Crippen LogP contribution in [0.2, 0.25) is 0 Å². The van der Waals surface area contributed by atoms with E-state index in [2.05, 4.69) is 5.32 Å². The Balaban J connectivity index is 1.74. The summed E-state index contributed by atoms with van der Waals surface area (Å²) in [6, 6.07) is 17.9. The van der Waals surface area contributed by atoms with E-state index >= 15 is 0 Å². The van der Waals surface area contributed by atoms with Gasteiger partial charge >= 0.3 is 0 Å². The molecular weight excluding hydrogens is 337 g/mol. The predicted molar refractivity (Wildman–Crippen MR) is 94.4 cm³/mol. The van der Waals surface area contributed by atoms with E-state index in [9.17, 15) is 13.2 Å². The second-order valence-electron chi connectivity index (χ2n) is 6.15. The quantitative estimate of drug-likeness (QED) is 0.710. The van der Waals surface area contributed by atoms with E-state index in [0.29, 0.717) is 5.84 Å². The molecule has 1 heterocycles. The fourth-order valence-corrected chi connectivity index (χ4v) is 3.11. The van der Waals surface area contributed by atoms with Crippen LogP contribution in [0.1, 0.15) is 28.8 Å². The molecule has 0 saturated carbocycles. The van der Waals surface area contributed by atoms with Crippen LogP contribution in [-0.4, -0.2) is 5.84 Å². The highest BCUT2D eigenvalue weighted by Crippen LogP contribution is 2.37. The van der Waals surface area contributed by atoms with Crippen molar-refractivity contribution in [3.63, 3.8) is 0 Å². The van der Waals surface area contributed by atoms with Gasteiger partial charge in [-0.05, 0) is 59.7 Å². The van der Waals surface area contributed by atoms with E-state index in [4.69, 9.17) is 4.99 Å². The fraction of sp³-hybridized carbons (Fsp3) is 0.0952. The zero-order valence-corrected chi connectivity index (χ0v) is 13.7. The van der Waals surface area contributed by atoms with Gasteiger partial charge in [0.2, 0.25) is 0 Å². The molecule has 0 aromatic heterocycles. The lowest BCUT2D eigenvalue weighted by Crippen LogP contribution is -2.25. The number of nitrogens with one attached hydrogen (secondary N) is 1. The van der Waals surface area contributed by atoms with Gasteiger partial charge in [-0.15, -0.1) is 0 Å². The molecule has 0 radical (unpaired) electrons. The number of rotatable bonds is 3. The van der Waals surface area contributed by atoms with Gasteiger partial charge in [-0.2, -0.15) is 0 Å². The molecule has 2 nitrogen and oxygen atoms in total. The van der Waals surface area contributed by atoms with Crippen LogP contribution < -0.4 is 5.32 Å². The highest BCUT2D eigenvalue weighted by Gasteiger charge is 2.31. The van der Waals surface area contributed by atoms with Crippen LogP contribution in [0.4, 0.5) is 13.2 Å². The first kappa shape index (κ1) is 16.4. The van der Waals surface area contributed by atoms with E-state index in [0.717, 1.165) is 16.7 Å². The van der Waals surface area contributed by atoms with E-state index in [1.165, 1.54) is 36.4 Å². The first-order chi connectivity index (χ1) is 12.6. The summed E-state index contributed by atoms with van der Waals surface area (Å²) < 4.78 is 39.8. The molecule has 3 aromatic rings. The monoisotopic (exact) mass is 352 g/mol. The Bertz CT molecular complexity index is 933. The third-order valence-electron chi connectivity index (χ3n) is 4.43. The maximum Gasteiger partial charge on any atom is 0.129 e. The van der Waals surface area contributed by atoms with Crippen LogP contribution in [0.3, 0.4) is 0 Å². The normalized spacial score (nSPS) is 19.1. The third kappa shape index (κ3) is 3.20. The van der Waals surface area contributed by atoms with Gasteiger partial charge in [0.05, 0.1) is 6.04 Å². The molecule has 4 rings (SSSR count). The second-order valence-corrected chi connectivity index (χ2v) is 6.15. The minimum absolute atomic E-state index is 0.235. The Kier molecular flexibility index (Phi) is 4.21. The molecule has 0 bridgehead atoms. The van der Waals surface area contributed by atoms with Gasteiger partial charge in [0.1, 0.15) is 29.3 Å². The van der Waals surface area contributed by atoms with Crippen LogP contribution in [0.25, 0.3) is 0 Å². The molecule has 26 heavy (non-hydrogen) atoms. The van der Waals surface area contributed by atoms with Crippen LogP contribution in [0, 0.1) is 17.5 Å². The Morgan fingerprint density at radius 1 is 0.615 bits per heavy atom. The molecule has 1 aliphatic rings. The van der Waals surface area contributed by atoms with Crippen molar-refractivity contribution in [3.8, 4) is 0 Å². The summed E-state index contributed by atoms with van der Waals surface area (Å²) in [5.41, 5.74) is 2.45. The molecule has 130 valence electrons. The smallest absolute Gasteiger partial charge is 0.129 e. The Labute approximate surface area is 149 Å². The lowest BCUT2D eigenvalue weighted by Gasteiger charge is -2.19. The lowest BCUT2D eigenvalue weighted by molar-refractivity contribution is 0.565. The molecule has 0 spiro atoms. The minimum Gasteiger partial charge on any atom is -0.361 e. The molecule has 2 unspecified atom stereocenters. The van der Waals surface area contributed by atoms with Crippen molar-refractivity contribution in [1.82, 2.24) is 5.32 Å². The molecule has 0 aliphatic carbocycles. The summed E-state index contributed by atoms with van der Waals surface area (Å²) >= 11 is 0. The largest absolute Gasteiger partial charge is 0.361 e. The van der Waals surface area contributed by atoms with Gasteiger partial charge in [0.15, 0.2) is 0 Å². The maximum atomic E-state index is 13.3. The minimum atomic E-state index is -0.322. The van der Waals surface area contributed by atoms with Gasteiger partial charge in [0, 0.05) is 5.56 Å². The first-order valence-electron chi connectivity index (χ1n) is 8.21. The van der Waals surface area contributed by atoms with Crippen molar-refractivity contribution in [2.24, 2.45) is 4.99 Å². The maximum absolute atomic E-state index is 13.3. The number of aliphatic imine (C=N–C) groups is 1. The summed E-state index contributed by atoms with van der Waals surface area (Å²) in [4.78, 5) is 4.74. The zero-order chi connectivity index (χ0) is 18.1. The zero-order valence-electron chi connectivity index (χ0n) is 13.7. The molecule has 0 fully saturated rings. The van der Waals surface area contributed by atoms with Crippen LogP contribution in [-0.2, 0) is 0 Å². The summed E-state index contributed by atoms with van der Waals surface area (Å²) in [5, 5.41) is 3.34. The average molecular weight is 352 g/mol. The number of halogens is 3. The highest BCUT2D eigenvalue weighted by molar-refractivity contribution is 6.00.